The number of carbonyl (C=O) groups is 2. The van der Waals surface area contributed by atoms with Crippen molar-refractivity contribution in [3.8, 4) is 0 Å². The molecule has 7 heteroatoms. The average Bonchev–Trinajstić information content (AvgIpc) is 3.36. The van der Waals surface area contributed by atoms with Gasteiger partial charge in [0.2, 0.25) is 5.91 Å². The third-order valence-corrected chi connectivity index (χ3v) is 7.12. The molecule has 3 fully saturated rings. The van der Waals surface area contributed by atoms with Crippen LogP contribution >= 0.6 is 0 Å². The number of aliphatic carboxylic acids is 1. The van der Waals surface area contributed by atoms with Gasteiger partial charge in [-0.3, -0.25) is 14.5 Å². The second-order valence-corrected chi connectivity index (χ2v) is 8.64. The average molecular weight is 374 g/mol. The first-order chi connectivity index (χ1) is 13.0. The minimum atomic E-state index is -0.841. The number of imidazole rings is 1. The highest BCUT2D eigenvalue weighted by Crippen LogP contribution is 2.43. The van der Waals surface area contributed by atoms with Crippen LogP contribution in [-0.2, 0) is 22.6 Å². The van der Waals surface area contributed by atoms with Gasteiger partial charge in [-0.2, -0.15) is 0 Å². The first kappa shape index (κ1) is 18.5. The maximum atomic E-state index is 12.1. The lowest BCUT2D eigenvalue weighted by Crippen LogP contribution is -2.55. The number of aromatic nitrogens is 2. The summed E-state index contributed by atoms with van der Waals surface area (Å²) in [4.78, 5) is 35.9. The van der Waals surface area contributed by atoms with Gasteiger partial charge in [0.1, 0.15) is 5.82 Å². The van der Waals surface area contributed by atoms with Crippen LogP contribution in [0.15, 0.2) is 6.20 Å². The summed E-state index contributed by atoms with van der Waals surface area (Å²) in [6, 6.07) is 0. The quantitative estimate of drug-likeness (QED) is 0.823. The van der Waals surface area contributed by atoms with Crippen LogP contribution in [0.4, 0.5) is 0 Å². The number of amides is 1. The lowest BCUT2D eigenvalue weighted by Gasteiger charge is -2.45. The van der Waals surface area contributed by atoms with Gasteiger partial charge in [-0.1, -0.05) is 25.7 Å². The summed E-state index contributed by atoms with van der Waals surface area (Å²) in [6.45, 7) is 2.42. The number of rotatable bonds is 5. The van der Waals surface area contributed by atoms with Crippen LogP contribution in [0, 0.1) is 11.8 Å². The number of hydrogen-bond donors (Lipinski definition) is 2. The molecule has 148 valence electrons. The number of carboxylic acid groups (broad SMARTS) is 1. The monoisotopic (exact) mass is 374 g/mol. The maximum absolute atomic E-state index is 12.1. The van der Waals surface area contributed by atoms with Crippen LogP contribution in [0.5, 0.6) is 0 Å². The van der Waals surface area contributed by atoms with E-state index < -0.39 is 17.4 Å². The normalized spacial score (nSPS) is 26.3. The molecule has 1 amide bonds. The third-order valence-electron chi connectivity index (χ3n) is 7.12. The van der Waals surface area contributed by atoms with Crippen LogP contribution in [0.1, 0.15) is 56.5 Å². The molecule has 7 nitrogen and oxygen atoms in total. The van der Waals surface area contributed by atoms with E-state index in [4.69, 9.17) is 0 Å². The molecular weight excluding hydrogens is 344 g/mol. The molecule has 0 radical (unpaired) electrons. The number of hydrogen-bond acceptors (Lipinski definition) is 4. The molecule has 0 bridgehead atoms. The summed E-state index contributed by atoms with van der Waals surface area (Å²) in [5, 5.41) is 9.58. The molecule has 1 aliphatic carbocycles. The lowest BCUT2D eigenvalue weighted by atomic mass is 9.77. The number of H-pyrrole nitrogens is 1. The van der Waals surface area contributed by atoms with Crippen molar-refractivity contribution in [1.29, 1.82) is 0 Å². The number of carboxylic acids is 1. The summed E-state index contributed by atoms with van der Waals surface area (Å²) in [5.74, 6) is 0.411. The van der Waals surface area contributed by atoms with Gasteiger partial charge in [-0.15, -0.1) is 0 Å². The van der Waals surface area contributed by atoms with Gasteiger partial charge >= 0.3 is 5.97 Å². The Morgan fingerprint density at radius 2 is 2.04 bits per heavy atom. The number of nitrogens with zero attached hydrogens (tertiary/aromatic N) is 3. The molecule has 0 unspecified atom stereocenters. The van der Waals surface area contributed by atoms with Crippen molar-refractivity contribution in [2.24, 2.45) is 11.8 Å². The zero-order valence-corrected chi connectivity index (χ0v) is 16.1. The second-order valence-electron chi connectivity index (χ2n) is 8.64. The Hall–Kier alpha value is -1.89. The standard InChI is InChI=1S/C20H30N4O3/c1-23-18(25)11-16(19(26)27)20(23)6-8-24(9-7-20)13-15-12-21-17(22-15)10-14-4-2-3-5-14/h12,14,16H,2-11,13H2,1H3,(H,21,22)(H,26,27)/t16-/m1/s1. The lowest BCUT2D eigenvalue weighted by molar-refractivity contribution is -0.146. The van der Waals surface area contributed by atoms with Crippen molar-refractivity contribution in [2.75, 3.05) is 20.1 Å². The number of carbonyl (C=O) groups excluding carboxylic acids is 1. The minimum absolute atomic E-state index is 0.0408. The van der Waals surface area contributed by atoms with Crippen molar-refractivity contribution in [3.63, 3.8) is 0 Å². The van der Waals surface area contributed by atoms with Gasteiger partial charge < -0.3 is 15.0 Å². The highest BCUT2D eigenvalue weighted by atomic mass is 16.4. The molecule has 1 aromatic rings. The van der Waals surface area contributed by atoms with Crippen molar-refractivity contribution in [2.45, 2.75) is 63.5 Å². The molecule has 1 aromatic heterocycles. The van der Waals surface area contributed by atoms with Crippen LogP contribution < -0.4 is 0 Å². The molecule has 0 aromatic carbocycles. The van der Waals surface area contributed by atoms with E-state index in [0.717, 1.165) is 56.3 Å². The number of nitrogens with one attached hydrogen (secondary N) is 1. The topological polar surface area (TPSA) is 89.5 Å². The van der Waals surface area contributed by atoms with Gasteiger partial charge in [-0.25, -0.2) is 4.98 Å². The molecule has 2 aliphatic heterocycles. The molecule has 2 saturated heterocycles. The molecule has 1 saturated carbocycles. The predicted molar refractivity (Wildman–Crippen MR) is 100 cm³/mol. The van der Waals surface area contributed by atoms with Gasteiger partial charge in [0.05, 0.1) is 11.5 Å². The van der Waals surface area contributed by atoms with Crippen LogP contribution in [0.25, 0.3) is 0 Å². The van der Waals surface area contributed by atoms with E-state index in [-0.39, 0.29) is 12.3 Å². The fraction of sp³-hybridized carbons (Fsp3) is 0.750. The summed E-state index contributed by atoms with van der Waals surface area (Å²) in [6.07, 6.45) is 9.91. The largest absolute Gasteiger partial charge is 0.481 e. The Morgan fingerprint density at radius 3 is 2.70 bits per heavy atom. The molecule has 3 heterocycles. The van der Waals surface area contributed by atoms with Gasteiger partial charge in [0.25, 0.3) is 0 Å². The zero-order valence-electron chi connectivity index (χ0n) is 16.1. The first-order valence-corrected chi connectivity index (χ1v) is 10.2. The third kappa shape index (κ3) is 3.49. The Labute approximate surface area is 160 Å². The molecular formula is C20H30N4O3. The zero-order chi connectivity index (χ0) is 19.0. The highest BCUT2D eigenvalue weighted by Gasteiger charge is 2.55. The van der Waals surface area contributed by atoms with Crippen LogP contribution in [-0.4, -0.2) is 62.4 Å². The number of aromatic amines is 1. The Balaban J connectivity index is 1.35. The Kier molecular flexibility index (Phi) is 4.97. The van der Waals surface area contributed by atoms with E-state index in [1.54, 1.807) is 11.9 Å². The Bertz CT molecular complexity index is 702. The molecule has 27 heavy (non-hydrogen) atoms. The van der Waals surface area contributed by atoms with E-state index in [1.807, 2.05) is 6.20 Å². The fourth-order valence-corrected chi connectivity index (χ4v) is 5.40. The van der Waals surface area contributed by atoms with Crippen LogP contribution in [0.2, 0.25) is 0 Å². The van der Waals surface area contributed by atoms with E-state index >= 15 is 0 Å². The smallest absolute Gasteiger partial charge is 0.309 e. The van der Waals surface area contributed by atoms with Gasteiger partial charge in [0.15, 0.2) is 0 Å². The highest BCUT2D eigenvalue weighted by molar-refractivity contribution is 5.88. The first-order valence-electron chi connectivity index (χ1n) is 10.2. The minimum Gasteiger partial charge on any atom is -0.481 e. The summed E-state index contributed by atoms with van der Waals surface area (Å²) in [5.41, 5.74) is 0.616. The summed E-state index contributed by atoms with van der Waals surface area (Å²) >= 11 is 0. The maximum Gasteiger partial charge on any atom is 0.309 e. The second kappa shape index (κ2) is 7.26. The molecule has 4 rings (SSSR count). The predicted octanol–water partition coefficient (Wildman–Crippen LogP) is 2.04. The molecule has 1 atom stereocenters. The SMILES string of the molecule is CN1C(=O)C[C@H](C(=O)O)C12CCN(Cc1cnc(CC3CCCC3)[nH]1)CC2. The van der Waals surface area contributed by atoms with E-state index in [1.165, 1.54) is 25.7 Å². The number of piperidine rings is 1. The summed E-state index contributed by atoms with van der Waals surface area (Å²) < 4.78 is 0. The van der Waals surface area contributed by atoms with Crippen molar-refractivity contribution in [1.82, 2.24) is 19.8 Å². The van der Waals surface area contributed by atoms with Gasteiger partial charge in [0, 0.05) is 51.4 Å². The van der Waals surface area contributed by atoms with E-state index in [2.05, 4.69) is 14.9 Å². The van der Waals surface area contributed by atoms with E-state index in [0.29, 0.717) is 0 Å². The Morgan fingerprint density at radius 1 is 1.33 bits per heavy atom. The van der Waals surface area contributed by atoms with Gasteiger partial charge in [-0.05, 0) is 18.8 Å². The van der Waals surface area contributed by atoms with Crippen molar-refractivity contribution >= 4 is 11.9 Å². The molecule has 2 N–H and O–H groups in total. The molecule has 1 spiro atoms. The fourth-order valence-electron chi connectivity index (χ4n) is 5.40. The van der Waals surface area contributed by atoms with E-state index in [9.17, 15) is 14.7 Å². The number of likely N-dealkylation sites (tertiary alicyclic amines) is 2. The van der Waals surface area contributed by atoms with Crippen LogP contribution in [0.3, 0.4) is 0 Å². The molecule has 3 aliphatic rings. The summed E-state index contributed by atoms with van der Waals surface area (Å²) in [7, 11) is 1.77. The van der Waals surface area contributed by atoms with Crippen molar-refractivity contribution in [3.05, 3.63) is 17.7 Å². The van der Waals surface area contributed by atoms with Crippen molar-refractivity contribution < 1.29 is 14.7 Å².